The Balaban J connectivity index is 1.22. The highest BCUT2D eigenvalue weighted by atomic mass is 35.5. The van der Waals surface area contributed by atoms with Crippen molar-refractivity contribution in [1.82, 2.24) is 15.2 Å². The Labute approximate surface area is 270 Å². The lowest BCUT2D eigenvalue weighted by atomic mass is 9.48. The van der Waals surface area contributed by atoms with Gasteiger partial charge in [0.2, 0.25) is 0 Å². The number of carboxylic acids is 1. The predicted molar refractivity (Wildman–Crippen MR) is 175 cm³/mol. The van der Waals surface area contributed by atoms with Gasteiger partial charge in [0.15, 0.2) is 0 Å². The van der Waals surface area contributed by atoms with Gasteiger partial charge in [0.25, 0.3) is 5.91 Å². The Bertz CT molecular complexity index is 1590. The molecule has 0 radical (unpaired) electrons. The minimum absolute atomic E-state index is 0.0408. The number of amides is 1. The van der Waals surface area contributed by atoms with Crippen LogP contribution in [0.2, 0.25) is 5.02 Å². The second-order valence-corrected chi connectivity index (χ2v) is 14.3. The minimum atomic E-state index is -1.24. The van der Waals surface area contributed by atoms with Crippen molar-refractivity contribution in [1.29, 1.82) is 0 Å². The Morgan fingerprint density at radius 2 is 1.76 bits per heavy atom. The molecule has 1 saturated heterocycles. The van der Waals surface area contributed by atoms with Crippen LogP contribution in [0.25, 0.3) is 22.4 Å². The molecule has 2 heterocycles. The monoisotopic (exact) mass is 627 g/mol. The normalized spacial score (nSPS) is 28.7. The number of aromatic nitrogens is 1. The van der Waals surface area contributed by atoms with Crippen LogP contribution in [-0.4, -0.2) is 58.6 Å². The largest absolute Gasteiger partial charge is 0.492 e. The van der Waals surface area contributed by atoms with E-state index in [0.717, 1.165) is 60.9 Å². The molecule has 1 aliphatic heterocycles. The van der Waals surface area contributed by atoms with Crippen molar-refractivity contribution in [2.45, 2.75) is 69.9 Å². The molecule has 5 aliphatic rings. The number of halogens is 1. The molecule has 7 nitrogen and oxygen atoms in total. The van der Waals surface area contributed by atoms with Crippen LogP contribution in [0.15, 0.2) is 54.6 Å². The van der Waals surface area contributed by atoms with Gasteiger partial charge in [-0.3, -0.25) is 4.79 Å². The van der Waals surface area contributed by atoms with E-state index in [1.54, 1.807) is 6.07 Å². The summed E-state index contributed by atoms with van der Waals surface area (Å²) in [4.78, 5) is 34.2. The standard InChI is InChI=1S/C37H42ClN3O4/c1-22-6-3-4-8-29(22)30-10-12-32(35(42)40-37(36(43)44)26-17-23-16-24(19-26)20-27(37)18-23)39-34(30)25-9-11-31(38)33(21-25)45-15-13-28-7-5-14-41(28)2/h3-4,6,8-12,21,23-24,26-28H,5,7,13-20H2,1-2H3,(H,40,42)(H,43,44). The number of aliphatic carboxylic acids is 1. The lowest BCUT2D eigenvalue weighted by Gasteiger charge is -2.59. The second kappa shape index (κ2) is 12.1. The predicted octanol–water partition coefficient (Wildman–Crippen LogP) is 7.25. The van der Waals surface area contributed by atoms with Crippen LogP contribution < -0.4 is 10.1 Å². The van der Waals surface area contributed by atoms with Crippen molar-refractivity contribution in [3.05, 3.63) is 70.9 Å². The van der Waals surface area contributed by atoms with Crippen LogP contribution in [-0.2, 0) is 4.79 Å². The summed E-state index contributed by atoms with van der Waals surface area (Å²) in [6.07, 6.45) is 8.00. The molecule has 8 rings (SSSR count). The van der Waals surface area contributed by atoms with Gasteiger partial charge >= 0.3 is 5.97 Å². The SMILES string of the molecule is Cc1ccccc1-c1ccc(C(=O)NC2(C(=O)O)C3CC4CC(C3)CC2C4)nc1-c1ccc(Cl)c(OCCC2CCCN2C)c1. The van der Waals surface area contributed by atoms with Gasteiger partial charge in [0, 0.05) is 17.2 Å². The fourth-order valence-electron chi connectivity index (χ4n) is 9.09. The first-order chi connectivity index (χ1) is 21.7. The highest BCUT2D eigenvalue weighted by Gasteiger charge is 2.62. The van der Waals surface area contributed by atoms with Crippen molar-refractivity contribution in [3.63, 3.8) is 0 Å². The number of hydrogen-bond donors (Lipinski definition) is 2. The molecule has 4 bridgehead atoms. The number of carbonyl (C=O) groups is 2. The molecule has 1 aromatic heterocycles. The van der Waals surface area contributed by atoms with Gasteiger partial charge < -0.3 is 20.1 Å². The summed E-state index contributed by atoms with van der Waals surface area (Å²) >= 11 is 6.61. The zero-order valence-corrected chi connectivity index (χ0v) is 26.9. The first-order valence-electron chi connectivity index (χ1n) is 16.5. The summed E-state index contributed by atoms with van der Waals surface area (Å²) in [5.74, 6) is 0.312. The number of carbonyl (C=O) groups excluding carboxylic acids is 1. The molecule has 1 unspecified atom stereocenters. The highest BCUT2D eigenvalue weighted by Crippen LogP contribution is 2.58. The number of benzene rings is 2. The van der Waals surface area contributed by atoms with E-state index >= 15 is 0 Å². The summed E-state index contributed by atoms with van der Waals surface area (Å²) < 4.78 is 6.22. The van der Waals surface area contributed by atoms with Crippen molar-refractivity contribution in [2.75, 3.05) is 20.2 Å². The molecular formula is C37H42ClN3O4. The van der Waals surface area contributed by atoms with Gasteiger partial charge in [-0.25, -0.2) is 9.78 Å². The number of likely N-dealkylation sites (tertiary alicyclic amines) is 1. The van der Waals surface area contributed by atoms with Crippen molar-refractivity contribution in [2.24, 2.45) is 23.7 Å². The van der Waals surface area contributed by atoms with Gasteiger partial charge in [-0.15, -0.1) is 0 Å². The molecule has 5 fully saturated rings. The maximum atomic E-state index is 14.0. The van der Waals surface area contributed by atoms with Gasteiger partial charge in [0.05, 0.1) is 17.3 Å². The maximum Gasteiger partial charge on any atom is 0.330 e. The molecule has 236 valence electrons. The van der Waals surface area contributed by atoms with E-state index in [-0.39, 0.29) is 17.5 Å². The third kappa shape index (κ3) is 5.52. The molecule has 2 N–H and O–H groups in total. The number of rotatable bonds is 9. The van der Waals surface area contributed by atoms with Crippen LogP contribution in [0.3, 0.4) is 0 Å². The second-order valence-electron chi connectivity index (χ2n) is 13.9. The topological polar surface area (TPSA) is 91.8 Å². The third-order valence-electron chi connectivity index (χ3n) is 11.2. The maximum absolute atomic E-state index is 14.0. The molecule has 1 atom stereocenters. The van der Waals surface area contributed by atoms with Crippen molar-refractivity contribution < 1.29 is 19.4 Å². The average Bonchev–Trinajstić information content (AvgIpc) is 3.43. The van der Waals surface area contributed by atoms with Crippen LogP contribution >= 0.6 is 11.6 Å². The van der Waals surface area contributed by atoms with Crippen LogP contribution in [0.5, 0.6) is 5.75 Å². The van der Waals surface area contributed by atoms with E-state index in [9.17, 15) is 14.7 Å². The molecular weight excluding hydrogens is 586 g/mol. The molecule has 45 heavy (non-hydrogen) atoms. The van der Waals surface area contributed by atoms with Crippen LogP contribution in [0.1, 0.15) is 67.4 Å². The smallest absolute Gasteiger partial charge is 0.330 e. The summed E-state index contributed by atoms with van der Waals surface area (Å²) in [7, 11) is 2.16. The number of pyridine rings is 1. The number of carboxylic acid groups (broad SMARTS) is 1. The lowest BCUT2D eigenvalue weighted by molar-refractivity contribution is -0.163. The van der Waals surface area contributed by atoms with E-state index in [1.165, 1.54) is 19.3 Å². The van der Waals surface area contributed by atoms with Gasteiger partial charge in [-0.2, -0.15) is 0 Å². The summed E-state index contributed by atoms with van der Waals surface area (Å²) in [5.41, 5.74) is 3.35. The van der Waals surface area contributed by atoms with Crippen molar-refractivity contribution >= 4 is 23.5 Å². The van der Waals surface area contributed by atoms with E-state index in [2.05, 4.69) is 36.3 Å². The van der Waals surface area contributed by atoms with Crippen LogP contribution in [0.4, 0.5) is 0 Å². The molecule has 4 aliphatic carbocycles. The van der Waals surface area contributed by atoms with Gasteiger partial charge in [-0.05, 0) is 131 Å². The van der Waals surface area contributed by atoms with Gasteiger partial charge in [-0.1, -0.05) is 41.9 Å². The fraction of sp³-hybridized carbons (Fsp3) is 0.486. The minimum Gasteiger partial charge on any atom is -0.492 e. The fourth-order valence-corrected chi connectivity index (χ4v) is 9.27. The van der Waals surface area contributed by atoms with E-state index in [0.29, 0.717) is 41.0 Å². The number of ether oxygens (including phenoxy) is 1. The Hall–Kier alpha value is -3.42. The zero-order chi connectivity index (χ0) is 31.3. The Kier molecular flexibility index (Phi) is 8.11. The molecule has 4 saturated carbocycles. The Morgan fingerprint density at radius 3 is 2.42 bits per heavy atom. The number of nitrogens with one attached hydrogen (secondary N) is 1. The van der Waals surface area contributed by atoms with E-state index in [1.807, 2.05) is 36.4 Å². The molecule has 2 aromatic carbocycles. The Morgan fingerprint density at radius 1 is 1.02 bits per heavy atom. The molecule has 8 heteroatoms. The number of hydrogen-bond acceptors (Lipinski definition) is 5. The summed E-state index contributed by atoms with van der Waals surface area (Å²) in [5, 5.41) is 14.2. The molecule has 1 amide bonds. The summed E-state index contributed by atoms with van der Waals surface area (Å²) in [6, 6.07) is 17.9. The van der Waals surface area contributed by atoms with Crippen LogP contribution in [0, 0.1) is 30.6 Å². The zero-order valence-electron chi connectivity index (χ0n) is 26.1. The first kappa shape index (κ1) is 30.2. The molecule has 3 aromatic rings. The number of aryl methyl sites for hydroxylation is 1. The molecule has 0 spiro atoms. The van der Waals surface area contributed by atoms with E-state index in [4.69, 9.17) is 21.3 Å². The quantitative estimate of drug-likeness (QED) is 0.260. The first-order valence-corrected chi connectivity index (χ1v) is 16.9. The number of nitrogens with zero attached hydrogens (tertiary/aromatic N) is 2. The average molecular weight is 628 g/mol. The van der Waals surface area contributed by atoms with Crippen molar-refractivity contribution in [3.8, 4) is 28.1 Å². The lowest BCUT2D eigenvalue weighted by Crippen LogP contribution is -2.70. The highest BCUT2D eigenvalue weighted by molar-refractivity contribution is 6.32. The van der Waals surface area contributed by atoms with E-state index < -0.39 is 17.4 Å². The van der Waals surface area contributed by atoms with Gasteiger partial charge in [0.1, 0.15) is 17.0 Å². The summed E-state index contributed by atoms with van der Waals surface area (Å²) in [6.45, 7) is 3.73. The third-order valence-corrected chi connectivity index (χ3v) is 11.6.